The molecule has 0 bridgehead atoms. The lowest BCUT2D eigenvalue weighted by Gasteiger charge is -2.23. The summed E-state index contributed by atoms with van der Waals surface area (Å²) in [5.41, 5.74) is 1.62. The Bertz CT molecular complexity index is 636. The van der Waals surface area contributed by atoms with E-state index in [-0.39, 0.29) is 11.4 Å². The summed E-state index contributed by atoms with van der Waals surface area (Å²) in [6, 6.07) is 5.28. The minimum atomic E-state index is -0.612. The molecule has 1 aliphatic rings. The molecule has 1 aromatic carbocycles. The Kier molecular flexibility index (Phi) is 4.84. The molecule has 0 spiro atoms. The lowest BCUT2D eigenvalue weighted by molar-refractivity contribution is -0.384. The number of nitro groups is 1. The first-order valence-corrected chi connectivity index (χ1v) is 6.46. The highest BCUT2D eigenvalue weighted by Gasteiger charge is 2.20. The van der Waals surface area contributed by atoms with E-state index in [9.17, 15) is 14.9 Å². The monoisotopic (exact) mass is 305 g/mol. The van der Waals surface area contributed by atoms with Crippen LogP contribution in [0.25, 0.3) is 0 Å². The third-order valence-electron chi connectivity index (χ3n) is 3.07. The number of allylic oxidation sites excluding steroid dienone is 1. The Morgan fingerprint density at radius 3 is 2.68 bits per heavy atom. The van der Waals surface area contributed by atoms with Crippen molar-refractivity contribution < 1.29 is 19.2 Å². The number of ether oxygens (including phenoxy) is 2. The van der Waals surface area contributed by atoms with E-state index in [4.69, 9.17) is 9.47 Å². The van der Waals surface area contributed by atoms with E-state index >= 15 is 0 Å². The van der Waals surface area contributed by atoms with Crippen LogP contribution in [0.3, 0.4) is 0 Å². The van der Waals surface area contributed by atoms with Crippen molar-refractivity contribution in [3.63, 3.8) is 0 Å². The third kappa shape index (κ3) is 3.67. The van der Waals surface area contributed by atoms with Crippen molar-refractivity contribution in [2.75, 3.05) is 20.3 Å². The van der Waals surface area contributed by atoms with Crippen molar-refractivity contribution in [2.45, 2.75) is 6.92 Å². The number of methoxy groups -OCH3 is 1. The number of amides is 1. The first-order valence-electron chi connectivity index (χ1n) is 6.46. The molecule has 1 aromatic rings. The van der Waals surface area contributed by atoms with Crippen LogP contribution in [0.5, 0.6) is 5.75 Å². The molecule has 1 amide bonds. The Hall–Kier alpha value is -2.74. The summed E-state index contributed by atoms with van der Waals surface area (Å²) in [4.78, 5) is 27.5. The molecular weight excluding hydrogens is 290 g/mol. The standard InChI is InChI=1S/C14H15N3O5/c1-10-11(8-21-2)7-16(9-15-10)14(18)22-13-5-3-12(4-6-13)17(19)20/h3-6,9H,7-8H2,1-2H3. The zero-order valence-corrected chi connectivity index (χ0v) is 12.2. The first kappa shape index (κ1) is 15.6. The molecule has 0 radical (unpaired) electrons. The Labute approximate surface area is 126 Å². The summed E-state index contributed by atoms with van der Waals surface area (Å²) in [5, 5.41) is 10.6. The van der Waals surface area contributed by atoms with Gasteiger partial charge in [-0.25, -0.2) is 9.79 Å². The third-order valence-corrected chi connectivity index (χ3v) is 3.07. The van der Waals surface area contributed by atoms with Crippen molar-refractivity contribution in [3.8, 4) is 5.75 Å². The molecule has 0 aromatic heterocycles. The molecule has 0 atom stereocenters. The molecule has 0 fully saturated rings. The molecular formula is C14H15N3O5. The number of aliphatic imine (C=N–C) groups is 1. The number of nitro benzene ring substituents is 1. The Morgan fingerprint density at radius 1 is 1.41 bits per heavy atom. The Balaban J connectivity index is 2.01. The molecule has 0 N–H and O–H groups in total. The van der Waals surface area contributed by atoms with Crippen LogP contribution in [0.1, 0.15) is 6.92 Å². The van der Waals surface area contributed by atoms with Gasteiger partial charge in [-0.1, -0.05) is 0 Å². The maximum Gasteiger partial charge on any atom is 0.420 e. The average molecular weight is 305 g/mol. The van der Waals surface area contributed by atoms with Crippen LogP contribution in [0.2, 0.25) is 0 Å². The first-order chi connectivity index (χ1) is 10.5. The molecule has 1 aliphatic heterocycles. The molecule has 22 heavy (non-hydrogen) atoms. The lowest BCUT2D eigenvalue weighted by atomic mass is 10.2. The number of hydrogen-bond donors (Lipinski definition) is 0. The SMILES string of the molecule is COCC1=C(C)N=CN(C(=O)Oc2ccc([N+](=O)[O-])cc2)C1. The van der Waals surface area contributed by atoms with Crippen LogP contribution in [0.15, 0.2) is 40.5 Å². The van der Waals surface area contributed by atoms with Gasteiger partial charge in [0.2, 0.25) is 0 Å². The summed E-state index contributed by atoms with van der Waals surface area (Å²) < 4.78 is 10.2. The van der Waals surface area contributed by atoms with E-state index in [1.165, 1.54) is 35.5 Å². The van der Waals surface area contributed by atoms with Gasteiger partial charge in [0.25, 0.3) is 5.69 Å². The van der Waals surface area contributed by atoms with Gasteiger partial charge in [0.1, 0.15) is 12.1 Å². The number of carbonyl (C=O) groups excluding carboxylic acids is 1. The highest BCUT2D eigenvalue weighted by atomic mass is 16.6. The number of benzene rings is 1. The van der Waals surface area contributed by atoms with Gasteiger partial charge >= 0.3 is 6.09 Å². The van der Waals surface area contributed by atoms with Gasteiger partial charge in [-0.3, -0.25) is 15.0 Å². The molecule has 0 aliphatic carbocycles. The molecule has 2 rings (SSSR count). The van der Waals surface area contributed by atoms with E-state index in [0.717, 1.165) is 11.3 Å². The summed E-state index contributed by atoms with van der Waals surface area (Å²) in [5.74, 6) is 0.226. The fourth-order valence-corrected chi connectivity index (χ4v) is 1.84. The van der Waals surface area contributed by atoms with Gasteiger partial charge in [-0.05, 0) is 24.6 Å². The fraction of sp³-hybridized carbons (Fsp3) is 0.286. The van der Waals surface area contributed by atoms with Gasteiger partial charge in [0.05, 0.1) is 18.1 Å². The number of hydrogen-bond acceptors (Lipinski definition) is 6. The molecule has 1 heterocycles. The van der Waals surface area contributed by atoms with Crippen LogP contribution >= 0.6 is 0 Å². The molecule has 116 valence electrons. The number of rotatable bonds is 4. The van der Waals surface area contributed by atoms with Gasteiger partial charge < -0.3 is 9.47 Å². The van der Waals surface area contributed by atoms with Gasteiger partial charge in [-0.15, -0.1) is 0 Å². The van der Waals surface area contributed by atoms with Crippen molar-refractivity contribution in [1.82, 2.24) is 4.90 Å². The summed E-state index contributed by atoms with van der Waals surface area (Å²) in [7, 11) is 1.57. The topological polar surface area (TPSA) is 94.3 Å². The maximum absolute atomic E-state index is 12.1. The second-order valence-corrected chi connectivity index (χ2v) is 4.61. The van der Waals surface area contributed by atoms with Crippen LogP contribution in [-0.2, 0) is 4.74 Å². The predicted octanol–water partition coefficient (Wildman–Crippen LogP) is 2.36. The van der Waals surface area contributed by atoms with E-state index in [1.807, 2.05) is 6.92 Å². The second kappa shape index (κ2) is 6.81. The molecule has 0 saturated heterocycles. The minimum Gasteiger partial charge on any atom is -0.410 e. The molecule has 0 unspecified atom stereocenters. The zero-order chi connectivity index (χ0) is 16.1. The highest BCUT2D eigenvalue weighted by molar-refractivity contribution is 5.85. The average Bonchev–Trinajstić information content (AvgIpc) is 2.50. The highest BCUT2D eigenvalue weighted by Crippen LogP contribution is 2.19. The van der Waals surface area contributed by atoms with Gasteiger partial charge in [0.15, 0.2) is 0 Å². The maximum atomic E-state index is 12.1. The van der Waals surface area contributed by atoms with Crippen LogP contribution in [0.4, 0.5) is 10.5 Å². The second-order valence-electron chi connectivity index (χ2n) is 4.61. The predicted molar refractivity (Wildman–Crippen MR) is 78.9 cm³/mol. The van der Waals surface area contributed by atoms with Crippen molar-refractivity contribution in [2.24, 2.45) is 4.99 Å². The van der Waals surface area contributed by atoms with Gasteiger partial charge in [0, 0.05) is 24.9 Å². The quantitative estimate of drug-likeness (QED) is 0.628. The largest absolute Gasteiger partial charge is 0.420 e. The minimum absolute atomic E-state index is 0.0692. The van der Waals surface area contributed by atoms with Crippen LogP contribution in [-0.4, -0.2) is 42.5 Å². The molecule has 8 heteroatoms. The number of carbonyl (C=O) groups is 1. The van der Waals surface area contributed by atoms with Crippen molar-refractivity contribution in [3.05, 3.63) is 45.6 Å². The molecule has 0 saturated carbocycles. The number of non-ortho nitro benzene ring substituents is 1. The normalized spacial score (nSPS) is 14.2. The number of nitrogens with zero attached hydrogens (tertiary/aromatic N) is 3. The summed E-state index contributed by atoms with van der Waals surface area (Å²) in [6.07, 6.45) is 0.779. The lowest BCUT2D eigenvalue weighted by Crippen LogP contribution is -2.36. The van der Waals surface area contributed by atoms with E-state index in [0.29, 0.717) is 13.2 Å². The van der Waals surface area contributed by atoms with Crippen LogP contribution in [0, 0.1) is 10.1 Å². The fourth-order valence-electron chi connectivity index (χ4n) is 1.84. The van der Waals surface area contributed by atoms with E-state index in [1.54, 1.807) is 7.11 Å². The van der Waals surface area contributed by atoms with E-state index < -0.39 is 11.0 Å². The van der Waals surface area contributed by atoms with E-state index in [2.05, 4.69) is 4.99 Å². The van der Waals surface area contributed by atoms with Crippen LogP contribution < -0.4 is 4.74 Å². The van der Waals surface area contributed by atoms with Gasteiger partial charge in [-0.2, -0.15) is 0 Å². The summed E-state index contributed by atoms with van der Waals surface area (Å²) in [6.45, 7) is 2.54. The Morgan fingerprint density at radius 2 is 2.09 bits per heavy atom. The molecule has 8 nitrogen and oxygen atoms in total. The summed E-state index contributed by atoms with van der Waals surface area (Å²) >= 11 is 0. The van der Waals surface area contributed by atoms with Crippen molar-refractivity contribution in [1.29, 1.82) is 0 Å². The zero-order valence-electron chi connectivity index (χ0n) is 12.2. The van der Waals surface area contributed by atoms with Crippen molar-refractivity contribution >= 4 is 18.1 Å². The smallest absolute Gasteiger partial charge is 0.410 e.